The maximum Gasteiger partial charge on any atom is 0.340 e. The summed E-state index contributed by atoms with van der Waals surface area (Å²) in [5, 5.41) is 2.67. The first-order valence-electron chi connectivity index (χ1n) is 9.98. The standard InChI is InChI=1S/C23H24N2O7S/c1-30-18-11-15(23(29)32-3)16(12-19(18)31-2)24-20(26)17(9-10-33-4)25-21(27)13-7-5-6-8-14(13)22(25)28/h5-8,11-12,17H,9-10H2,1-4H3,(H,24,26)/t17-/m1/s1. The van der Waals surface area contributed by atoms with Crippen molar-refractivity contribution in [2.45, 2.75) is 12.5 Å². The SMILES string of the molecule is COC(=O)c1cc(OC)c(OC)cc1NC(=O)[C@@H](CCSC)N1C(=O)c2ccccc2C1=O. The number of nitrogens with zero attached hydrogens (tertiary/aromatic N) is 1. The van der Waals surface area contributed by atoms with Gasteiger partial charge in [-0.1, -0.05) is 12.1 Å². The summed E-state index contributed by atoms with van der Waals surface area (Å²) < 4.78 is 15.3. The molecule has 0 bridgehead atoms. The Morgan fingerprint density at radius 1 is 1.00 bits per heavy atom. The van der Waals surface area contributed by atoms with Gasteiger partial charge in [0.15, 0.2) is 11.5 Å². The fraction of sp³-hybridized carbons (Fsp3) is 0.304. The summed E-state index contributed by atoms with van der Waals surface area (Å²) in [6.07, 6.45) is 2.10. The number of nitrogens with one attached hydrogen (secondary N) is 1. The van der Waals surface area contributed by atoms with E-state index >= 15 is 0 Å². The minimum Gasteiger partial charge on any atom is -0.493 e. The number of methoxy groups -OCH3 is 3. The Hall–Kier alpha value is -3.53. The maximum absolute atomic E-state index is 13.4. The summed E-state index contributed by atoms with van der Waals surface area (Å²) in [6.45, 7) is 0. The Balaban J connectivity index is 1.99. The van der Waals surface area contributed by atoms with Crippen LogP contribution in [0.5, 0.6) is 11.5 Å². The van der Waals surface area contributed by atoms with Gasteiger partial charge in [0.25, 0.3) is 11.8 Å². The third kappa shape index (κ3) is 4.65. The van der Waals surface area contributed by atoms with E-state index in [2.05, 4.69) is 5.32 Å². The van der Waals surface area contributed by atoms with E-state index in [0.717, 1.165) is 4.90 Å². The minimum absolute atomic E-state index is 0.0366. The molecule has 0 aliphatic carbocycles. The van der Waals surface area contributed by atoms with Crippen molar-refractivity contribution in [1.82, 2.24) is 4.90 Å². The van der Waals surface area contributed by atoms with Crippen molar-refractivity contribution in [1.29, 1.82) is 0 Å². The van der Waals surface area contributed by atoms with Crippen molar-refractivity contribution in [3.63, 3.8) is 0 Å². The number of rotatable bonds is 9. The molecular weight excluding hydrogens is 448 g/mol. The molecule has 3 amide bonds. The van der Waals surface area contributed by atoms with Crippen molar-refractivity contribution in [3.05, 3.63) is 53.1 Å². The summed E-state index contributed by atoms with van der Waals surface area (Å²) >= 11 is 1.48. The third-order valence-electron chi connectivity index (χ3n) is 5.22. The van der Waals surface area contributed by atoms with Crippen LogP contribution in [-0.4, -0.2) is 68.0 Å². The van der Waals surface area contributed by atoms with Crippen LogP contribution in [0.15, 0.2) is 36.4 Å². The third-order valence-corrected chi connectivity index (χ3v) is 5.87. The van der Waals surface area contributed by atoms with Crippen molar-refractivity contribution in [2.75, 3.05) is 38.7 Å². The molecule has 1 atom stereocenters. The second-order valence-corrected chi connectivity index (χ2v) is 8.04. The summed E-state index contributed by atoms with van der Waals surface area (Å²) in [4.78, 5) is 52.7. The van der Waals surface area contributed by atoms with Gasteiger partial charge in [-0.05, 0) is 30.6 Å². The predicted octanol–water partition coefficient (Wildman–Crippen LogP) is 2.85. The molecule has 1 heterocycles. The summed E-state index contributed by atoms with van der Waals surface area (Å²) in [6, 6.07) is 8.18. The highest BCUT2D eigenvalue weighted by Gasteiger charge is 2.42. The van der Waals surface area contributed by atoms with Crippen LogP contribution >= 0.6 is 11.8 Å². The average molecular weight is 473 g/mol. The molecule has 1 N–H and O–H groups in total. The summed E-state index contributed by atoms with van der Waals surface area (Å²) in [7, 11) is 4.05. The zero-order chi connectivity index (χ0) is 24.1. The van der Waals surface area contributed by atoms with Crippen LogP contribution in [0.25, 0.3) is 0 Å². The average Bonchev–Trinajstić information content (AvgIpc) is 3.08. The number of carbonyl (C=O) groups is 4. The highest BCUT2D eigenvalue weighted by Crippen LogP contribution is 2.34. The molecule has 0 saturated heterocycles. The lowest BCUT2D eigenvalue weighted by Crippen LogP contribution is -2.47. The Bertz CT molecular complexity index is 1070. The molecule has 2 aromatic rings. The van der Waals surface area contributed by atoms with Gasteiger partial charge in [-0.2, -0.15) is 11.8 Å². The van der Waals surface area contributed by atoms with E-state index in [9.17, 15) is 19.2 Å². The van der Waals surface area contributed by atoms with Crippen molar-refractivity contribution in [3.8, 4) is 11.5 Å². The fourth-order valence-corrected chi connectivity index (χ4v) is 4.03. The van der Waals surface area contributed by atoms with Crippen LogP contribution in [0.3, 0.4) is 0 Å². The first-order valence-corrected chi connectivity index (χ1v) is 11.4. The molecule has 1 aliphatic heterocycles. The van der Waals surface area contributed by atoms with Gasteiger partial charge in [0.2, 0.25) is 5.91 Å². The van der Waals surface area contributed by atoms with E-state index < -0.39 is 29.7 Å². The molecule has 0 fully saturated rings. The number of benzene rings is 2. The number of fused-ring (bicyclic) bond motifs is 1. The van der Waals surface area contributed by atoms with Crippen molar-refractivity contribution < 1.29 is 33.4 Å². The Labute approximate surface area is 195 Å². The molecule has 0 saturated carbocycles. The van der Waals surface area contributed by atoms with Crippen LogP contribution in [-0.2, 0) is 9.53 Å². The van der Waals surface area contributed by atoms with Crippen LogP contribution < -0.4 is 14.8 Å². The van der Waals surface area contributed by atoms with Gasteiger partial charge in [-0.3, -0.25) is 19.3 Å². The van der Waals surface area contributed by atoms with E-state index in [0.29, 0.717) is 5.75 Å². The first-order chi connectivity index (χ1) is 15.9. The van der Waals surface area contributed by atoms with E-state index in [1.807, 2.05) is 6.26 Å². The minimum atomic E-state index is -1.08. The number of thioether (sulfide) groups is 1. The highest BCUT2D eigenvalue weighted by molar-refractivity contribution is 7.98. The largest absolute Gasteiger partial charge is 0.493 e. The van der Waals surface area contributed by atoms with Crippen molar-refractivity contribution in [2.24, 2.45) is 0 Å². The molecule has 1 aliphatic rings. The first kappa shape index (κ1) is 24.1. The second-order valence-electron chi connectivity index (χ2n) is 7.06. The fourth-order valence-electron chi connectivity index (χ4n) is 3.58. The number of esters is 1. The van der Waals surface area contributed by atoms with Gasteiger partial charge in [0, 0.05) is 12.1 Å². The number of hydrogen-bond acceptors (Lipinski definition) is 8. The van der Waals surface area contributed by atoms with Gasteiger partial charge < -0.3 is 19.5 Å². The monoisotopic (exact) mass is 472 g/mol. The van der Waals surface area contributed by atoms with Crippen LogP contribution in [0.1, 0.15) is 37.5 Å². The number of anilines is 1. The van der Waals surface area contributed by atoms with Gasteiger partial charge >= 0.3 is 5.97 Å². The molecule has 174 valence electrons. The maximum atomic E-state index is 13.4. The molecule has 3 rings (SSSR count). The second kappa shape index (κ2) is 10.4. The molecule has 9 nitrogen and oxygen atoms in total. The molecular formula is C23H24N2O7S. The lowest BCUT2D eigenvalue weighted by Gasteiger charge is -2.26. The summed E-state index contributed by atoms with van der Waals surface area (Å²) in [5.74, 6) is -1.29. The van der Waals surface area contributed by atoms with E-state index in [4.69, 9.17) is 14.2 Å². The smallest absolute Gasteiger partial charge is 0.340 e. The van der Waals surface area contributed by atoms with Gasteiger partial charge in [0.05, 0.1) is 43.7 Å². The Morgan fingerprint density at radius 3 is 2.09 bits per heavy atom. The van der Waals surface area contributed by atoms with E-state index in [1.54, 1.807) is 24.3 Å². The van der Waals surface area contributed by atoms with Crippen LogP contribution in [0.2, 0.25) is 0 Å². The Kier molecular flexibility index (Phi) is 7.59. The number of hydrogen-bond donors (Lipinski definition) is 1. The molecule has 33 heavy (non-hydrogen) atoms. The lowest BCUT2D eigenvalue weighted by atomic mass is 10.1. The summed E-state index contributed by atoms with van der Waals surface area (Å²) in [5.41, 5.74) is 0.654. The van der Waals surface area contributed by atoms with Gasteiger partial charge in [-0.25, -0.2) is 4.79 Å². The Morgan fingerprint density at radius 2 is 1.58 bits per heavy atom. The quantitative estimate of drug-likeness (QED) is 0.438. The number of amides is 3. The number of imide groups is 1. The van der Waals surface area contributed by atoms with Gasteiger partial charge in [0.1, 0.15) is 6.04 Å². The number of ether oxygens (including phenoxy) is 3. The van der Waals surface area contributed by atoms with E-state index in [-0.39, 0.29) is 40.3 Å². The normalized spacial score (nSPS) is 13.4. The topological polar surface area (TPSA) is 111 Å². The molecule has 2 aromatic carbocycles. The molecule has 10 heteroatoms. The van der Waals surface area contributed by atoms with Gasteiger partial charge in [-0.15, -0.1) is 0 Å². The van der Waals surface area contributed by atoms with Crippen LogP contribution in [0.4, 0.5) is 5.69 Å². The highest BCUT2D eigenvalue weighted by atomic mass is 32.2. The zero-order valence-electron chi connectivity index (χ0n) is 18.7. The predicted molar refractivity (Wildman–Crippen MR) is 123 cm³/mol. The van der Waals surface area contributed by atoms with Crippen molar-refractivity contribution >= 4 is 41.1 Å². The van der Waals surface area contributed by atoms with Crippen LogP contribution in [0, 0.1) is 0 Å². The molecule has 0 spiro atoms. The zero-order valence-corrected chi connectivity index (χ0v) is 19.5. The molecule has 0 aromatic heterocycles. The molecule has 0 radical (unpaired) electrons. The number of carbonyl (C=O) groups excluding carboxylic acids is 4. The lowest BCUT2D eigenvalue weighted by molar-refractivity contribution is -0.120. The van der Waals surface area contributed by atoms with E-state index in [1.165, 1.54) is 45.2 Å². The molecule has 0 unspecified atom stereocenters.